The van der Waals surface area contributed by atoms with Gasteiger partial charge in [0.15, 0.2) is 0 Å². The van der Waals surface area contributed by atoms with Gasteiger partial charge in [0.25, 0.3) is 5.91 Å². The van der Waals surface area contributed by atoms with Gasteiger partial charge in [-0.1, -0.05) is 0 Å². The highest BCUT2D eigenvalue weighted by Crippen LogP contribution is 2.32. The minimum atomic E-state index is -3.42. The number of phenols is 1. The number of benzene rings is 2. The molecular formula is C16H14F2N2O4S. The number of amides is 1. The van der Waals surface area contributed by atoms with E-state index in [2.05, 4.69) is 5.32 Å². The lowest BCUT2D eigenvalue weighted by Gasteiger charge is -2.18. The van der Waals surface area contributed by atoms with E-state index in [1.165, 1.54) is 22.5 Å². The van der Waals surface area contributed by atoms with Crippen molar-refractivity contribution in [2.45, 2.75) is 6.42 Å². The van der Waals surface area contributed by atoms with E-state index in [1.54, 1.807) is 0 Å². The molecule has 1 heterocycles. The van der Waals surface area contributed by atoms with Crippen LogP contribution in [0.2, 0.25) is 0 Å². The molecule has 0 unspecified atom stereocenters. The van der Waals surface area contributed by atoms with Gasteiger partial charge in [-0.25, -0.2) is 17.2 Å². The van der Waals surface area contributed by atoms with Crippen molar-refractivity contribution in [1.29, 1.82) is 0 Å². The SMILES string of the molecule is O=C(Nc1cc(N2CCCS2(=O)=O)ccc1O)c1cc(F)cc(F)c1. The van der Waals surface area contributed by atoms with E-state index in [4.69, 9.17) is 0 Å². The van der Waals surface area contributed by atoms with Crippen LogP contribution in [-0.4, -0.2) is 31.7 Å². The fourth-order valence-corrected chi connectivity index (χ4v) is 4.14. The molecule has 0 atom stereocenters. The summed E-state index contributed by atoms with van der Waals surface area (Å²) in [6.45, 7) is 0.301. The topological polar surface area (TPSA) is 86.7 Å². The number of anilines is 2. The van der Waals surface area contributed by atoms with E-state index < -0.39 is 27.6 Å². The Balaban J connectivity index is 1.90. The Labute approximate surface area is 142 Å². The quantitative estimate of drug-likeness (QED) is 0.815. The molecule has 0 radical (unpaired) electrons. The van der Waals surface area contributed by atoms with Crippen molar-refractivity contribution in [3.8, 4) is 5.75 Å². The first-order valence-electron chi connectivity index (χ1n) is 7.37. The number of sulfonamides is 1. The largest absolute Gasteiger partial charge is 0.506 e. The first-order chi connectivity index (χ1) is 11.8. The van der Waals surface area contributed by atoms with Crippen LogP contribution in [0.1, 0.15) is 16.8 Å². The molecule has 0 bridgehead atoms. The van der Waals surface area contributed by atoms with Gasteiger partial charge in [0.1, 0.15) is 17.4 Å². The van der Waals surface area contributed by atoms with Crippen LogP contribution >= 0.6 is 0 Å². The van der Waals surface area contributed by atoms with Crippen molar-refractivity contribution in [2.75, 3.05) is 21.9 Å². The predicted octanol–water partition coefficient (Wildman–Crippen LogP) is 2.46. The Morgan fingerprint density at radius 3 is 2.40 bits per heavy atom. The van der Waals surface area contributed by atoms with Gasteiger partial charge in [0.2, 0.25) is 10.0 Å². The van der Waals surface area contributed by atoms with Gasteiger partial charge in [-0.3, -0.25) is 9.10 Å². The zero-order chi connectivity index (χ0) is 18.2. The number of aromatic hydroxyl groups is 1. The lowest BCUT2D eigenvalue weighted by Crippen LogP contribution is -2.25. The standard InChI is InChI=1S/C16H14F2N2O4S/c17-11-6-10(7-12(18)8-11)16(22)19-14-9-13(2-3-15(14)21)20-4-1-5-25(20,23)24/h2-3,6-9,21H,1,4-5H2,(H,19,22). The Hall–Kier alpha value is -2.68. The minimum Gasteiger partial charge on any atom is -0.506 e. The molecular weight excluding hydrogens is 354 g/mol. The van der Waals surface area contributed by atoms with Gasteiger partial charge in [-0.2, -0.15) is 0 Å². The average Bonchev–Trinajstić information content (AvgIpc) is 2.88. The molecule has 1 amide bonds. The first kappa shape index (κ1) is 17.2. The number of halogens is 2. The molecule has 0 saturated carbocycles. The zero-order valence-electron chi connectivity index (χ0n) is 12.9. The van der Waals surface area contributed by atoms with E-state index in [1.807, 2.05) is 0 Å². The zero-order valence-corrected chi connectivity index (χ0v) is 13.7. The lowest BCUT2D eigenvalue weighted by atomic mass is 10.2. The number of phenolic OH excluding ortho intramolecular Hbond substituents is 1. The van der Waals surface area contributed by atoms with Gasteiger partial charge in [0, 0.05) is 18.2 Å². The van der Waals surface area contributed by atoms with Gasteiger partial charge in [-0.15, -0.1) is 0 Å². The van der Waals surface area contributed by atoms with Crippen LogP contribution in [0.5, 0.6) is 5.75 Å². The molecule has 0 aromatic heterocycles. The Bertz CT molecular complexity index is 927. The normalized spacial score (nSPS) is 16.0. The van der Waals surface area contributed by atoms with E-state index in [0.717, 1.165) is 12.1 Å². The summed E-state index contributed by atoms with van der Waals surface area (Å²) in [5, 5.41) is 12.2. The molecule has 0 spiro atoms. The molecule has 2 N–H and O–H groups in total. The van der Waals surface area contributed by atoms with Gasteiger partial charge < -0.3 is 10.4 Å². The maximum atomic E-state index is 13.2. The summed E-state index contributed by atoms with van der Waals surface area (Å²) >= 11 is 0. The molecule has 1 saturated heterocycles. The molecule has 132 valence electrons. The first-order valence-corrected chi connectivity index (χ1v) is 8.98. The fourth-order valence-electron chi connectivity index (χ4n) is 2.59. The smallest absolute Gasteiger partial charge is 0.255 e. The van der Waals surface area contributed by atoms with Crippen molar-refractivity contribution in [2.24, 2.45) is 0 Å². The van der Waals surface area contributed by atoms with E-state index >= 15 is 0 Å². The number of carbonyl (C=O) groups is 1. The number of rotatable bonds is 3. The molecule has 3 rings (SSSR count). The Morgan fingerprint density at radius 1 is 1.12 bits per heavy atom. The van der Waals surface area contributed by atoms with Crippen molar-refractivity contribution in [3.05, 3.63) is 53.6 Å². The van der Waals surface area contributed by atoms with E-state index in [-0.39, 0.29) is 28.4 Å². The van der Waals surface area contributed by atoms with Crippen LogP contribution in [0.4, 0.5) is 20.2 Å². The summed E-state index contributed by atoms with van der Waals surface area (Å²) < 4.78 is 51.6. The fraction of sp³-hybridized carbons (Fsp3) is 0.188. The van der Waals surface area contributed by atoms with Crippen molar-refractivity contribution in [3.63, 3.8) is 0 Å². The third-order valence-electron chi connectivity index (χ3n) is 3.74. The lowest BCUT2D eigenvalue weighted by molar-refractivity contribution is 0.102. The van der Waals surface area contributed by atoms with Crippen LogP contribution in [0, 0.1) is 11.6 Å². The van der Waals surface area contributed by atoms with Crippen LogP contribution in [0.15, 0.2) is 36.4 Å². The van der Waals surface area contributed by atoms with Crippen molar-refractivity contribution >= 4 is 27.3 Å². The van der Waals surface area contributed by atoms with Crippen LogP contribution in [0.25, 0.3) is 0 Å². The summed E-state index contributed by atoms with van der Waals surface area (Å²) in [5.74, 6) is -2.93. The number of hydrogen-bond acceptors (Lipinski definition) is 4. The second kappa shape index (κ2) is 6.32. The number of nitrogens with zero attached hydrogens (tertiary/aromatic N) is 1. The average molecular weight is 368 g/mol. The third-order valence-corrected chi connectivity index (χ3v) is 5.61. The van der Waals surface area contributed by atoms with Crippen LogP contribution < -0.4 is 9.62 Å². The number of carbonyl (C=O) groups excluding carboxylic acids is 1. The highest BCUT2D eigenvalue weighted by molar-refractivity contribution is 7.93. The Morgan fingerprint density at radius 2 is 1.80 bits per heavy atom. The summed E-state index contributed by atoms with van der Waals surface area (Å²) in [5.41, 5.74) is -0.0404. The van der Waals surface area contributed by atoms with Gasteiger partial charge in [0.05, 0.1) is 17.1 Å². The molecule has 1 fully saturated rings. The summed E-state index contributed by atoms with van der Waals surface area (Å²) in [7, 11) is -3.42. The minimum absolute atomic E-state index is 0.0259. The van der Waals surface area contributed by atoms with Crippen molar-refractivity contribution < 1.29 is 27.1 Å². The number of nitrogens with one attached hydrogen (secondary N) is 1. The van der Waals surface area contributed by atoms with Gasteiger partial charge in [-0.05, 0) is 36.8 Å². The predicted molar refractivity (Wildman–Crippen MR) is 88.2 cm³/mol. The highest BCUT2D eigenvalue weighted by atomic mass is 32.2. The monoisotopic (exact) mass is 368 g/mol. The molecule has 0 aliphatic carbocycles. The van der Waals surface area contributed by atoms with Crippen molar-refractivity contribution in [1.82, 2.24) is 0 Å². The molecule has 2 aromatic carbocycles. The molecule has 2 aromatic rings. The van der Waals surface area contributed by atoms with E-state index in [9.17, 15) is 27.1 Å². The maximum Gasteiger partial charge on any atom is 0.255 e. The molecule has 1 aliphatic heterocycles. The van der Waals surface area contributed by atoms with Gasteiger partial charge >= 0.3 is 0 Å². The van der Waals surface area contributed by atoms with Crippen LogP contribution in [-0.2, 0) is 10.0 Å². The van der Waals surface area contributed by atoms with E-state index in [0.29, 0.717) is 19.0 Å². The second-order valence-corrected chi connectivity index (χ2v) is 7.57. The molecule has 1 aliphatic rings. The summed E-state index contributed by atoms with van der Waals surface area (Å²) in [6.07, 6.45) is 0.480. The Kier molecular flexibility index (Phi) is 4.34. The van der Waals surface area contributed by atoms with Crippen LogP contribution in [0.3, 0.4) is 0 Å². The summed E-state index contributed by atoms with van der Waals surface area (Å²) in [4.78, 5) is 12.1. The highest BCUT2D eigenvalue weighted by Gasteiger charge is 2.29. The second-order valence-electron chi connectivity index (χ2n) is 5.56. The third kappa shape index (κ3) is 3.55. The molecule has 9 heteroatoms. The molecule has 6 nitrogen and oxygen atoms in total. The maximum absolute atomic E-state index is 13.2. The number of hydrogen-bond donors (Lipinski definition) is 2. The summed E-state index contributed by atoms with van der Waals surface area (Å²) in [6, 6.07) is 6.29. The molecule has 25 heavy (non-hydrogen) atoms.